The molecule has 1 heterocycles. The van der Waals surface area contributed by atoms with Crippen LogP contribution in [0.4, 0.5) is 0 Å². The summed E-state index contributed by atoms with van der Waals surface area (Å²) in [5, 5.41) is 0. The minimum Gasteiger partial charge on any atom is -0.326 e. The molecule has 0 aromatic heterocycles. The van der Waals surface area contributed by atoms with E-state index in [9.17, 15) is 0 Å². The first-order chi connectivity index (χ1) is 6.08. The zero-order chi connectivity index (χ0) is 9.73. The lowest BCUT2D eigenvalue weighted by Crippen LogP contribution is -2.31. The number of hydrogen-bond acceptors (Lipinski definition) is 2. The smallest absolute Gasteiger partial charge is 0.00970 e. The highest BCUT2D eigenvalue weighted by molar-refractivity contribution is 4.72. The van der Waals surface area contributed by atoms with Crippen LogP contribution in [0, 0.1) is 0 Å². The summed E-state index contributed by atoms with van der Waals surface area (Å²) in [6.07, 6.45) is 6.56. The molecule has 2 nitrogen and oxygen atoms in total. The molecule has 0 aromatic rings. The maximum Gasteiger partial charge on any atom is 0.00970 e. The molecule has 1 aliphatic rings. The van der Waals surface area contributed by atoms with Gasteiger partial charge in [0.1, 0.15) is 0 Å². The maximum absolute atomic E-state index is 5.92. The highest BCUT2D eigenvalue weighted by Crippen LogP contribution is 2.12. The highest BCUT2D eigenvalue weighted by atomic mass is 15.1. The van der Waals surface area contributed by atoms with Gasteiger partial charge in [-0.3, -0.25) is 0 Å². The summed E-state index contributed by atoms with van der Waals surface area (Å²) in [5.74, 6) is 0. The fraction of sp³-hybridized carbons (Fsp3) is 1.00. The third kappa shape index (κ3) is 5.27. The number of hydrogen-bond donors (Lipinski definition) is 1. The van der Waals surface area contributed by atoms with Crippen LogP contribution in [0.15, 0.2) is 0 Å². The molecule has 0 atom stereocenters. The summed E-state index contributed by atoms with van der Waals surface area (Å²) < 4.78 is 0. The summed E-state index contributed by atoms with van der Waals surface area (Å²) in [6.45, 7) is 8.17. The fourth-order valence-electron chi connectivity index (χ4n) is 1.92. The molecule has 1 aliphatic heterocycles. The number of unbranched alkanes of at least 4 members (excludes halogenated alkanes) is 1. The van der Waals surface area contributed by atoms with E-state index in [1.165, 1.54) is 45.3 Å². The monoisotopic (exact) mass is 184 g/mol. The van der Waals surface area contributed by atoms with Crippen LogP contribution >= 0.6 is 0 Å². The van der Waals surface area contributed by atoms with Crippen molar-refractivity contribution in [3.8, 4) is 0 Å². The van der Waals surface area contributed by atoms with Crippen molar-refractivity contribution in [1.82, 2.24) is 4.90 Å². The Morgan fingerprint density at radius 1 is 1.15 bits per heavy atom. The Balaban J connectivity index is 1.94. The number of nitrogens with two attached hydrogens (primary N) is 1. The van der Waals surface area contributed by atoms with Gasteiger partial charge < -0.3 is 10.6 Å². The lowest BCUT2D eigenvalue weighted by molar-refractivity contribution is 0.320. The van der Waals surface area contributed by atoms with Gasteiger partial charge >= 0.3 is 0 Å². The molecule has 0 bridgehead atoms. The van der Waals surface area contributed by atoms with Crippen LogP contribution in [0.2, 0.25) is 0 Å². The van der Waals surface area contributed by atoms with Crippen LogP contribution in [-0.2, 0) is 0 Å². The second-order valence-corrected chi connectivity index (χ2v) is 4.99. The lowest BCUT2D eigenvalue weighted by Gasteiger charge is -2.19. The zero-order valence-electron chi connectivity index (χ0n) is 9.18. The molecule has 0 aliphatic carbocycles. The molecule has 2 N–H and O–H groups in total. The summed E-state index contributed by atoms with van der Waals surface area (Å²) in [6, 6.07) is 0. The molecule has 0 saturated carbocycles. The molecule has 0 unspecified atom stereocenters. The number of likely N-dealkylation sites (tertiary alicyclic amines) is 1. The summed E-state index contributed by atoms with van der Waals surface area (Å²) in [5.41, 5.74) is 5.95. The topological polar surface area (TPSA) is 29.3 Å². The maximum atomic E-state index is 5.92. The lowest BCUT2D eigenvalue weighted by atomic mass is 9.99. The molecule has 1 saturated heterocycles. The van der Waals surface area contributed by atoms with Crippen molar-refractivity contribution in [2.24, 2.45) is 5.73 Å². The van der Waals surface area contributed by atoms with Gasteiger partial charge in [0, 0.05) is 5.54 Å². The normalized spacial score (nSPS) is 19.6. The molecule has 0 aromatic carbocycles. The Morgan fingerprint density at radius 2 is 1.77 bits per heavy atom. The molecular formula is C11H24N2. The first-order valence-corrected chi connectivity index (χ1v) is 5.59. The first kappa shape index (κ1) is 11.0. The van der Waals surface area contributed by atoms with Gasteiger partial charge in [-0.2, -0.15) is 0 Å². The highest BCUT2D eigenvalue weighted by Gasteiger charge is 2.12. The van der Waals surface area contributed by atoms with Crippen molar-refractivity contribution in [2.45, 2.75) is 51.5 Å². The van der Waals surface area contributed by atoms with Gasteiger partial charge in [0.25, 0.3) is 0 Å². The van der Waals surface area contributed by atoms with Crippen LogP contribution < -0.4 is 5.73 Å². The summed E-state index contributed by atoms with van der Waals surface area (Å²) >= 11 is 0. The van der Waals surface area contributed by atoms with Gasteiger partial charge in [0.15, 0.2) is 0 Å². The van der Waals surface area contributed by atoms with Crippen molar-refractivity contribution in [3.05, 3.63) is 0 Å². The van der Waals surface area contributed by atoms with E-state index in [0.29, 0.717) is 0 Å². The van der Waals surface area contributed by atoms with Crippen LogP contribution in [-0.4, -0.2) is 30.1 Å². The molecule has 1 fully saturated rings. The van der Waals surface area contributed by atoms with Crippen LogP contribution in [0.3, 0.4) is 0 Å². The minimum atomic E-state index is 0.0327. The van der Waals surface area contributed by atoms with Crippen LogP contribution in [0.25, 0.3) is 0 Å². The van der Waals surface area contributed by atoms with Gasteiger partial charge in [-0.25, -0.2) is 0 Å². The summed E-state index contributed by atoms with van der Waals surface area (Å²) in [7, 11) is 0. The Kier molecular flexibility index (Phi) is 4.20. The average molecular weight is 184 g/mol. The standard InChI is InChI=1S/C11H24N2/c1-11(2,12)7-3-4-8-13-9-5-6-10-13/h3-10,12H2,1-2H3. The second-order valence-electron chi connectivity index (χ2n) is 4.99. The third-order valence-corrected chi connectivity index (χ3v) is 2.74. The van der Waals surface area contributed by atoms with Crippen molar-refractivity contribution >= 4 is 0 Å². The molecular weight excluding hydrogens is 160 g/mol. The largest absolute Gasteiger partial charge is 0.326 e. The first-order valence-electron chi connectivity index (χ1n) is 5.59. The van der Waals surface area contributed by atoms with E-state index in [-0.39, 0.29) is 5.54 Å². The van der Waals surface area contributed by atoms with E-state index in [2.05, 4.69) is 18.7 Å². The fourth-order valence-corrected chi connectivity index (χ4v) is 1.92. The Labute approximate surface area is 82.5 Å². The van der Waals surface area contributed by atoms with Crippen molar-refractivity contribution in [3.63, 3.8) is 0 Å². The Hall–Kier alpha value is -0.0800. The molecule has 2 heteroatoms. The van der Waals surface area contributed by atoms with Gasteiger partial charge in [0.2, 0.25) is 0 Å². The average Bonchev–Trinajstić information content (AvgIpc) is 2.48. The second kappa shape index (κ2) is 4.97. The van der Waals surface area contributed by atoms with E-state index in [1.54, 1.807) is 0 Å². The van der Waals surface area contributed by atoms with E-state index in [4.69, 9.17) is 5.73 Å². The van der Waals surface area contributed by atoms with E-state index in [0.717, 1.165) is 6.42 Å². The SMILES string of the molecule is CC(C)(N)CCCCN1CCCC1. The quantitative estimate of drug-likeness (QED) is 0.662. The molecule has 0 radical (unpaired) electrons. The van der Waals surface area contributed by atoms with Crippen molar-refractivity contribution in [2.75, 3.05) is 19.6 Å². The van der Waals surface area contributed by atoms with E-state index in [1.807, 2.05) is 0 Å². The van der Waals surface area contributed by atoms with Crippen molar-refractivity contribution in [1.29, 1.82) is 0 Å². The van der Waals surface area contributed by atoms with Gasteiger partial charge in [-0.15, -0.1) is 0 Å². The van der Waals surface area contributed by atoms with Gasteiger partial charge in [-0.1, -0.05) is 6.42 Å². The Bertz CT molecular complexity index is 132. The molecule has 0 amide bonds. The number of rotatable bonds is 5. The Morgan fingerprint density at radius 3 is 2.31 bits per heavy atom. The molecule has 0 spiro atoms. The van der Waals surface area contributed by atoms with E-state index >= 15 is 0 Å². The minimum absolute atomic E-state index is 0.0327. The van der Waals surface area contributed by atoms with Crippen LogP contribution in [0.5, 0.6) is 0 Å². The third-order valence-electron chi connectivity index (χ3n) is 2.74. The van der Waals surface area contributed by atoms with E-state index < -0.39 is 0 Å². The van der Waals surface area contributed by atoms with Crippen LogP contribution in [0.1, 0.15) is 46.0 Å². The molecule has 1 rings (SSSR count). The molecule has 78 valence electrons. The zero-order valence-corrected chi connectivity index (χ0v) is 9.18. The van der Waals surface area contributed by atoms with Gasteiger partial charge in [0.05, 0.1) is 0 Å². The van der Waals surface area contributed by atoms with Crippen molar-refractivity contribution < 1.29 is 0 Å². The molecule has 13 heavy (non-hydrogen) atoms. The number of nitrogens with zero attached hydrogens (tertiary/aromatic N) is 1. The predicted octanol–water partition coefficient (Wildman–Crippen LogP) is 1.99. The predicted molar refractivity (Wildman–Crippen MR) is 57.8 cm³/mol. The van der Waals surface area contributed by atoms with Gasteiger partial charge in [-0.05, 0) is 59.2 Å². The summed E-state index contributed by atoms with van der Waals surface area (Å²) in [4.78, 5) is 2.57.